The van der Waals surface area contributed by atoms with Crippen molar-refractivity contribution in [1.82, 2.24) is 0 Å². The highest BCUT2D eigenvalue weighted by atomic mass is 14.7. The van der Waals surface area contributed by atoms with Crippen molar-refractivity contribution in [2.45, 2.75) is 110 Å². The minimum absolute atomic E-state index is 0.461. The molecular formula is C19H39N. The summed E-state index contributed by atoms with van der Waals surface area (Å²) in [5.74, 6) is 0.799. The lowest BCUT2D eigenvalue weighted by atomic mass is 9.71. The Kier molecular flexibility index (Phi) is 8.84. The summed E-state index contributed by atoms with van der Waals surface area (Å²) in [6.07, 6.45) is 18.0. The first kappa shape index (κ1) is 18.0. The first-order valence-electron chi connectivity index (χ1n) is 9.36. The minimum Gasteiger partial charge on any atom is -0.327 e. The lowest BCUT2D eigenvalue weighted by Crippen LogP contribution is -2.40. The van der Waals surface area contributed by atoms with E-state index >= 15 is 0 Å². The predicted octanol–water partition coefficient (Wildman–Crippen LogP) is 6.06. The first-order valence-corrected chi connectivity index (χ1v) is 9.36. The van der Waals surface area contributed by atoms with E-state index in [0.717, 1.165) is 5.92 Å². The van der Waals surface area contributed by atoms with Crippen LogP contribution in [0.2, 0.25) is 0 Å². The molecule has 0 aromatic carbocycles. The highest BCUT2D eigenvalue weighted by molar-refractivity contribution is 4.93. The second kappa shape index (κ2) is 9.82. The molecule has 20 heavy (non-hydrogen) atoms. The predicted molar refractivity (Wildman–Crippen MR) is 90.9 cm³/mol. The van der Waals surface area contributed by atoms with Crippen LogP contribution in [0.4, 0.5) is 0 Å². The molecule has 1 nitrogen and oxygen atoms in total. The average molecular weight is 282 g/mol. The van der Waals surface area contributed by atoms with Gasteiger partial charge in [-0.05, 0) is 37.0 Å². The molecule has 0 aromatic heterocycles. The van der Waals surface area contributed by atoms with E-state index in [9.17, 15) is 0 Å². The van der Waals surface area contributed by atoms with Gasteiger partial charge in [-0.3, -0.25) is 0 Å². The molecule has 1 rings (SSSR count). The Balaban J connectivity index is 2.20. The van der Waals surface area contributed by atoms with Gasteiger partial charge in [-0.25, -0.2) is 0 Å². The molecule has 0 saturated heterocycles. The van der Waals surface area contributed by atoms with Crippen LogP contribution in [0.3, 0.4) is 0 Å². The molecule has 0 aliphatic heterocycles. The van der Waals surface area contributed by atoms with Gasteiger partial charge in [0, 0.05) is 6.04 Å². The zero-order valence-corrected chi connectivity index (χ0v) is 14.4. The van der Waals surface area contributed by atoms with Crippen LogP contribution in [-0.2, 0) is 0 Å². The Morgan fingerprint density at radius 1 is 0.900 bits per heavy atom. The molecule has 2 N–H and O–H groups in total. The van der Waals surface area contributed by atoms with Gasteiger partial charge in [0.15, 0.2) is 0 Å². The van der Waals surface area contributed by atoms with Crippen LogP contribution >= 0.6 is 0 Å². The molecule has 1 fully saturated rings. The summed E-state index contributed by atoms with van der Waals surface area (Å²) in [7, 11) is 0. The van der Waals surface area contributed by atoms with E-state index in [1.807, 2.05) is 0 Å². The molecule has 0 radical (unpaired) electrons. The third-order valence-electron chi connectivity index (χ3n) is 5.32. The van der Waals surface area contributed by atoms with E-state index in [0.29, 0.717) is 11.5 Å². The van der Waals surface area contributed by atoms with E-state index < -0.39 is 0 Å². The summed E-state index contributed by atoms with van der Waals surface area (Å²) < 4.78 is 0. The van der Waals surface area contributed by atoms with Gasteiger partial charge in [0.05, 0.1) is 0 Å². The first-order chi connectivity index (χ1) is 9.60. The summed E-state index contributed by atoms with van der Waals surface area (Å²) in [6.45, 7) is 7.01. The third kappa shape index (κ3) is 6.16. The van der Waals surface area contributed by atoms with Crippen molar-refractivity contribution in [3.8, 4) is 0 Å². The Bertz CT molecular complexity index is 228. The molecule has 1 aliphatic carbocycles. The molecule has 0 aromatic rings. The lowest BCUT2D eigenvalue weighted by molar-refractivity contribution is 0.173. The average Bonchev–Trinajstić information content (AvgIpc) is 2.86. The number of hydrogen-bond donors (Lipinski definition) is 1. The van der Waals surface area contributed by atoms with Crippen molar-refractivity contribution in [2.24, 2.45) is 17.1 Å². The van der Waals surface area contributed by atoms with Crippen LogP contribution in [0.1, 0.15) is 104 Å². The fraction of sp³-hybridized carbons (Fsp3) is 1.00. The van der Waals surface area contributed by atoms with Crippen LogP contribution in [0.15, 0.2) is 0 Å². The molecule has 1 aliphatic rings. The van der Waals surface area contributed by atoms with Gasteiger partial charge in [-0.15, -0.1) is 0 Å². The molecule has 0 amide bonds. The fourth-order valence-electron chi connectivity index (χ4n) is 4.25. The number of nitrogens with two attached hydrogens (primary N) is 1. The van der Waals surface area contributed by atoms with Crippen molar-refractivity contribution in [3.05, 3.63) is 0 Å². The maximum atomic E-state index is 6.62. The van der Waals surface area contributed by atoms with Crippen molar-refractivity contribution >= 4 is 0 Å². The van der Waals surface area contributed by atoms with Gasteiger partial charge in [-0.1, -0.05) is 78.6 Å². The van der Waals surface area contributed by atoms with Gasteiger partial charge >= 0.3 is 0 Å². The van der Waals surface area contributed by atoms with E-state index in [1.165, 1.54) is 83.5 Å². The highest BCUT2D eigenvalue weighted by Gasteiger charge is 2.39. The molecule has 0 bridgehead atoms. The molecule has 1 atom stereocenters. The Morgan fingerprint density at radius 3 is 2.00 bits per heavy atom. The molecule has 1 unspecified atom stereocenters. The van der Waals surface area contributed by atoms with Crippen LogP contribution in [0, 0.1) is 11.3 Å². The maximum absolute atomic E-state index is 6.62. The van der Waals surface area contributed by atoms with Gasteiger partial charge < -0.3 is 5.73 Å². The van der Waals surface area contributed by atoms with Crippen LogP contribution in [-0.4, -0.2) is 6.04 Å². The zero-order chi connectivity index (χ0) is 14.8. The highest BCUT2D eigenvalue weighted by Crippen LogP contribution is 2.46. The molecule has 1 heteroatoms. The van der Waals surface area contributed by atoms with Crippen LogP contribution in [0.5, 0.6) is 0 Å². The molecule has 0 heterocycles. The summed E-state index contributed by atoms with van der Waals surface area (Å²) in [6, 6.07) is 0.461. The van der Waals surface area contributed by atoms with Crippen molar-refractivity contribution < 1.29 is 0 Å². The quantitative estimate of drug-likeness (QED) is 0.458. The van der Waals surface area contributed by atoms with Crippen LogP contribution in [0.25, 0.3) is 0 Å². The summed E-state index contributed by atoms with van der Waals surface area (Å²) >= 11 is 0. The van der Waals surface area contributed by atoms with E-state index in [1.54, 1.807) is 0 Å². The van der Waals surface area contributed by atoms with Gasteiger partial charge in [-0.2, -0.15) is 0 Å². The monoisotopic (exact) mass is 281 g/mol. The Morgan fingerprint density at radius 2 is 1.45 bits per heavy atom. The van der Waals surface area contributed by atoms with Gasteiger partial charge in [0.25, 0.3) is 0 Å². The second-order valence-corrected chi connectivity index (χ2v) is 7.68. The standard InChI is InChI=1S/C19H39N/c1-4-5-6-7-8-9-10-13-18(20)19(16-17(2)3)14-11-12-15-19/h17-18H,4-16,20H2,1-3H3. The number of unbranched alkanes of at least 4 members (excludes halogenated alkanes) is 6. The number of rotatable bonds is 11. The van der Waals surface area contributed by atoms with E-state index in [4.69, 9.17) is 5.73 Å². The fourth-order valence-corrected chi connectivity index (χ4v) is 4.25. The zero-order valence-electron chi connectivity index (χ0n) is 14.4. The summed E-state index contributed by atoms with van der Waals surface area (Å²) in [5, 5.41) is 0. The molecular weight excluding hydrogens is 242 g/mol. The second-order valence-electron chi connectivity index (χ2n) is 7.68. The van der Waals surface area contributed by atoms with E-state index in [-0.39, 0.29) is 0 Å². The van der Waals surface area contributed by atoms with Crippen molar-refractivity contribution in [3.63, 3.8) is 0 Å². The van der Waals surface area contributed by atoms with Gasteiger partial charge in [0.1, 0.15) is 0 Å². The normalized spacial score (nSPS) is 19.6. The molecule has 120 valence electrons. The summed E-state index contributed by atoms with van der Waals surface area (Å²) in [5.41, 5.74) is 7.12. The minimum atomic E-state index is 0.461. The summed E-state index contributed by atoms with van der Waals surface area (Å²) in [4.78, 5) is 0. The Hall–Kier alpha value is -0.0400. The maximum Gasteiger partial charge on any atom is 0.00956 e. The van der Waals surface area contributed by atoms with Crippen molar-refractivity contribution in [1.29, 1.82) is 0 Å². The SMILES string of the molecule is CCCCCCCCCC(N)C1(CC(C)C)CCCC1. The third-order valence-corrected chi connectivity index (χ3v) is 5.32. The topological polar surface area (TPSA) is 26.0 Å². The van der Waals surface area contributed by atoms with Gasteiger partial charge in [0.2, 0.25) is 0 Å². The Labute approximate surface area is 128 Å². The number of hydrogen-bond acceptors (Lipinski definition) is 1. The van der Waals surface area contributed by atoms with Crippen molar-refractivity contribution in [2.75, 3.05) is 0 Å². The lowest BCUT2D eigenvalue weighted by Gasteiger charge is -2.37. The molecule has 0 spiro atoms. The smallest absolute Gasteiger partial charge is 0.00956 e. The largest absolute Gasteiger partial charge is 0.327 e. The molecule has 1 saturated carbocycles. The van der Waals surface area contributed by atoms with Crippen LogP contribution < -0.4 is 5.73 Å². The van der Waals surface area contributed by atoms with E-state index in [2.05, 4.69) is 20.8 Å².